The van der Waals surface area contributed by atoms with E-state index in [9.17, 15) is 4.79 Å². The predicted molar refractivity (Wildman–Crippen MR) is 90.1 cm³/mol. The van der Waals surface area contributed by atoms with Gasteiger partial charge in [0.05, 0.1) is 33.3 Å². The molecule has 1 unspecified atom stereocenters. The quantitative estimate of drug-likeness (QED) is 0.199. The predicted octanol–water partition coefficient (Wildman–Crippen LogP) is 4.10. The molecule has 0 aliphatic carbocycles. The van der Waals surface area contributed by atoms with E-state index in [0.717, 1.165) is 16.9 Å². The Morgan fingerprint density at radius 3 is 2.29 bits per heavy atom. The van der Waals surface area contributed by atoms with E-state index in [4.69, 9.17) is 4.74 Å². The van der Waals surface area contributed by atoms with Gasteiger partial charge in [-0.05, 0) is 46.5 Å². The van der Waals surface area contributed by atoms with Gasteiger partial charge >= 0.3 is 5.97 Å². The Morgan fingerprint density at radius 2 is 1.71 bits per heavy atom. The lowest BCUT2D eigenvalue weighted by atomic mass is 10.1. The minimum atomic E-state index is -0.274. The Bertz CT molecular complexity index is 338. The Kier molecular flexibility index (Phi) is 10.1. The molecule has 1 atom stereocenters. The highest BCUT2D eigenvalue weighted by Crippen LogP contribution is 2.12. The van der Waals surface area contributed by atoms with Crippen LogP contribution in [0.2, 0.25) is 0 Å². The van der Waals surface area contributed by atoms with Gasteiger partial charge < -0.3 is 9.22 Å². The second-order valence-electron chi connectivity index (χ2n) is 6.88. The molecular formula is C18H34NO2+. The molecule has 3 heteroatoms. The molecule has 0 heterocycles. The summed E-state index contributed by atoms with van der Waals surface area (Å²) in [6.45, 7) is 6.02. The largest absolute Gasteiger partial charge is 0.460 e. The highest BCUT2D eigenvalue weighted by molar-refractivity contribution is 5.82. The van der Waals surface area contributed by atoms with Crippen LogP contribution in [-0.4, -0.2) is 43.7 Å². The fourth-order valence-electron chi connectivity index (χ4n) is 1.85. The first-order valence-electron chi connectivity index (χ1n) is 8.08. The molecule has 3 nitrogen and oxygen atoms in total. The van der Waals surface area contributed by atoms with Gasteiger partial charge in [0.25, 0.3) is 0 Å². The minimum absolute atomic E-state index is 0.0553. The number of unbranched alkanes of at least 4 members (excludes halogenated alkanes) is 3. The van der Waals surface area contributed by atoms with Crippen LogP contribution in [0.3, 0.4) is 0 Å². The van der Waals surface area contributed by atoms with Crippen LogP contribution in [0, 0.1) is 0 Å². The molecule has 0 aliphatic rings. The normalized spacial score (nSPS) is 14.2. The highest BCUT2D eigenvalue weighted by atomic mass is 16.5. The van der Waals surface area contributed by atoms with Crippen molar-refractivity contribution in [3.63, 3.8) is 0 Å². The first kappa shape index (κ1) is 19.9. The van der Waals surface area contributed by atoms with Gasteiger partial charge in [0.2, 0.25) is 0 Å². The average Bonchev–Trinajstić information content (AvgIpc) is 2.34. The molecule has 21 heavy (non-hydrogen) atoms. The summed E-state index contributed by atoms with van der Waals surface area (Å²) in [5.41, 5.74) is 0. The molecule has 0 spiro atoms. The average molecular weight is 296 g/mol. The summed E-state index contributed by atoms with van der Waals surface area (Å²) >= 11 is 0. The zero-order chi connectivity index (χ0) is 16.3. The van der Waals surface area contributed by atoms with Crippen LogP contribution in [0.4, 0.5) is 0 Å². The van der Waals surface area contributed by atoms with E-state index in [1.807, 2.05) is 19.9 Å². The lowest BCUT2D eigenvalue weighted by molar-refractivity contribution is -0.894. The van der Waals surface area contributed by atoms with E-state index in [1.54, 1.807) is 6.08 Å². The van der Waals surface area contributed by atoms with Crippen molar-refractivity contribution >= 4 is 5.97 Å². The summed E-state index contributed by atoms with van der Waals surface area (Å²) in [4.78, 5) is 11.2. The second-order valence-corrected chi connectivity index (χ2v) is 6.88. The van der Waals surface area contributed by atoms with Crippen LogP contribution < -0.4 is 0 Å². The topological polar surface area (TPSA) is 26.3 Å². The number of carbonyl (C=O) groups excluding carboxylic acids is 1. The summed E-state index contributed by atoms with van der Waals surface area (Å²) < 4.78 is 6.04. The zero-order valence-electron chi connectivity index (χ0n) is 14.8. The zero-order valence-corrected chi connectivity index (χ0v) is 14.8. The van der Waals surface area contributed by atoms with Crippen LogP contribution in [0.5, 0.6) is 0 Å². The molecule has 0 aliphatic heterocycles. The first-order valence-corrected chi connectivity index (χ1v) is 8.08. The molecule has 0 rings (SSSR count). The molecule has 0 N–H and O–H groups in total. The van der Waals surface area contributed by atoms with Crippen molar-refractivity contribution in [3.8, 4) is 0 Å². The molecule has 0 saturated carbocycles. The van der Waals surface area contributed by atoms with Gasteiger partial charge in [-0.25, -0.2) is 4.79 Å². The summed E-state index contributed by atoms with van der Waals surface area (Å²) in [6, 6.07) is 0.718. The van der Waals surface area contributed by atoms with E-state index in [0.29, 0.717) is 0 Å². The maximum absolute atomic E-state index is 11.2. The molecule has 122 valence electrons. The van der Waals surface area contributed by atoms with Crippen molar-refractivity contribution in [2.45, 2.75) is 65.0 Å². The van der Waals surface area contributed by atoms with Crippen molar-refractivity contribution in [2.24, 2.45) is 0 Å². The third-order valence-corrected chi connectivity index (χ3v) is 3.65. The molecule has 0 radical (unpaired) electrons. The minimum Gasteiger partial charge on any atom is -0.460 e. The van der Waals surface area contributed by atoms with Gasteiger partial charge in [0.1, 0.15) is 0 Å². The van der Waals surface area contributed by atoms with Gasteiger partial charge in [-0.15, -0.1) is 0 Å². The molecular weight excluding hydrogens is 262 g/mol. The molecule has 0 aromatic rings. The van der Waals surface area contributed by atoms with Crippen LogP contribution in [0.25, 0.3) is 0 Å². The summed E-state index contributed by atoms with van der Waals surface area (Å²) in [7, 11) is 6.76. The number of quaternary nitrogens is 1. The Labute approximate surface area is 131 Å². The van der Waals surface area contributed by atoms with Gasteiger partial charge in [-0.2, -0.15) is 0 Å². The smallest absolute Gasteiger partial charge is 0.330 e. The lowest BCUT2D eigenvalue weighted by Crippen LogP contribution is -2.43. The van der Waals surface area contributed by atoms with Crippen LogP contribution in [0.15, 0.2) is 24.3 Å². The maximum atomic E-state index is 11.2. The summed E-state index contributed by atoms with van der Waals surface area (Å²) in [6.07, 6.45) is 13.3. The highest BCUT2D eigenvalue weighted by Gasteiger charge is 2.16. The van der Waals surface area contributed by atoms with Gasteiger partial charge in [0.15, 0.2) is 0 Å². The number of carbonyl (C=O) groups is 1. The fraction of sp³-hybridized carbons (Fsp3) is 0.722. The third-order valence-electron chi connectivity index (χ3n) is 3.65. The van der Waals surface area contributed by atoms with E-state index >= 15 is 0 Å². The summed E-state index contributed by atoms with van der Waals surface area (Å²) in [5.74, 6) is -0.274. The van der Waals surface area contributed by atoms with Crippen LogP contribution in [-0.2, 0) is 9.53 Å². The van der Waals surface area contributed by atoms with E-state index in [1.165, 1.54) is 31.8 Å². The van der Waals surface area contributed by atoms with E-state index in [2.05, 4.69) is 34.1 Å². The number of rotatable bonds is 10. The molecule has 0 aromatic heterocycles. The fourth-order valence-corrected chi connectivity index (χ4v) is 1.85. The van der Waals surface area contributed by atoms with Gasteiger partial charge in [0, 0.05) is 6.08 Å². The van der Waals surface area contributed by atoms with E-state index in [-0.39, 0.29) is 12.1 Å². The molecule has 0 fully saturated rings. The van der Waals surface area contributed by atoms with Gasteiger partial charge in [-0.3, -0.25) is 0 Å². The number of nitrogens with zero attached hydrogens (tertiary/aromatic N) is 1. The van der Waals surface area contributed by atoms with E-state index < -0.39 is 0 Å². The van der Waals surface area contributed by atoms with Crippen molar-refractivity contribution in [1.82, 2.24) is 0 Å². The van der Waals surface area contributed by atoms with Gasteiger partial charge in [-0.1, -0.05) is 24.6 Å². The number of hydrogen-bond donors (Lipinski definition) is 0. The van der Waals surface area contributed by atoms with Crippen molar-refractivity contribution < 1.29 is 14.0 Å². The maximum Gasteiger partial charge on any atom is 0.330 e. The standard InChI is InChI=1S/C18H34NO2/c1-16(2)21-18(20)15-13-11-9-7-8-10-12-14-17(3)19(4,5)6/h9,11,13,15-17H,7-8,10,12,14H2,1-6H3/q+1. The first-order chi connectivity index (χ1) is 9.73. The SMILES string of the molecule is CC(C)OC(=O)C=CC=CCCCCCC(C)[N+](C)(C)C. The molecule has 0 amide bonds. The number of allylic oxidation sites excluding steroid dienone is 3. The monoisotopic (exact) mass is 296 g/mol. The second kappa shape index (κ2) is 10.6. The van der Waals surface area contributed by atoms with Crippen molar-refractivity contribution in [3.05, 3.63) is 24.3 Å². The molecule has 0 aromatic carbocycles. The molecule has 0 bridgehead atoms. The number of ether oxygens (including phenoxy) is 1. The van der Waals surface area contributed by atoms with Crippen LogP contribution >= 0.6 is 0 Å². The van der Waals surface area contributed by atoms with Crippen molar-refractivity contribution in [1.29, 1.82) is 0 Å². The number of esters is 1. The Balaban J connectivity index is 3.61. The Hall–Kier alpha value is -1.09. The lowest BCUT2D eigenvalue weighted by Gasteiger charge is -2.31. The van der Waals surface area contributed by atoms with Crippen LogP contribution in [0.1, 0.15) is 52.9 Å². The third kappa shape index (κ3) is 12.4. The number of hydrogen-bond acceptors (Lipinski definition) is 2. The summed E-state index contributed by atoms with van der Waals surface area (Å²) in [5, 5.41) is 0. The Morgan fingerprint density at radius 1 is 1.05 bits per heavy atom. The van der Waals surface area contributed by atoms with Crippen molar-refractivity contribution in [2.75, 3.05) is 21.1 Å². The molecule has 0 saturated heterocycles.